The van der Waals surface area contributed by atoms with E-state index >= 15 is 0 Å². The molecule has 0 saturated heterocycles. The first-order chi connectivity index (χ1) is 8.17. The number of carbonyl (C=O) groups excluding carboxylic acids is 1. The largest absolute Gasteiger partial charge is 0.469 e. The van der Waals surface area contributed by atoms with Gasteiger partial charge in [-0.05, 0) is 51.6 Å². The van der Waals surface area contributed by atoms with E-state index in [1.54, 1.807) is 0 Å². The Hall–Kier alpha value is -0.570. The van der Waals surface area contributed by atoms with Crippen LogP contribution >= 0.6 is 0 Å². The standard InChI is InChI=1S/C14H27NO2/c1-4-12-7-9-13(10-8-12)15(2)11-5-6-14(16)17-3/h12-13H,4-11H2,1-3H3. The van der Waals surface area contributed by atoms with Crippen LogP contribution in [0.1, 0.15) is 51.9 Å². The SMILES string of the molecule is CCC1CCC(N(C)CCCC(=O)OC)CC1. The molecule has 0 aromatic rings. The molecule has 3 heteroatoms. The monoisotopic (exact) mass is 241 g/mol. The topological polar surface area (TPSA) is 29.5 Å². The molecule has 0 aromatic heterocycles. The maximum Gasteiger partial charge on any atom is 0.305 e. The van der Waals surface area contributed by atoms with Gasteiger partial charge in [-0.2, -0.15) is 0 Å². The molecule has 0 aliphatic heterocycles. The molecule has 1 aliphatic rings. The van der Waals surface area contributed by atoms with Crippen LogP contribution in [0.15, 0.2) is 0 Å². The Kier molecular flexibility index (Phi) is 6.56. The third-order valence-electron chi connectivity index (χ3n) is 4.14. The number of ether oxygens (including phenoxy) is 1. The second-order valence-electron chi connectivity index (χ2n) is 5.24. The number of rotatable bonds is 6. The van der Waals surface area contributed by atoms with E-state index in [9.17, 15) is 4.79 Å². The number of carbonyl (C=O) groups is 1. The first kappa shape index (κ1) is 14.5. The molecule has 1 rings (SSSR count). The smallest absolute Gasteiger partial charge is 0.305 e. The molecule has 3 nitrogen and oxygen atoms in total. The predicted molar refractivity (Wildman–Crippen MR) is 69.9 cm³/mol. The Morgan fingerprint density at radius 1 is 1.29 bits per heavy atom. The van der Waals surface area contributed by atoms with Crippen molar-refractivity contribution in [3.05, 3.63) is 0 Å². The zero-order valence-corrected chi connectivity index (χ0v) is 11.6. The number of esters is 1. The molecule has 0 spiro atoms. The second-order valence-corrected chi connectivity index (χ2v) is 5.24. The molecule has 0 N–H and O–H groups in total. The highest BCUT2D eigenvalue weighted by Gasteiger charge is 2.22. The van der Waals surface area contributed by atoms with Crippen molar-refractivity contribution in [1.29, 1.82) is 0 Å². The van der Waals surface area contributed by atoms with Crippen LogP contribution in [0.25, 0.3) is 0 Å². The van der Waals surface area contributed by atoms with Gasteiger partial charge in [0.05, 0.1) is 7.11 Å². The lowest BCUT2D eigenvalue weighted by atomic mass is 9.84. The van der Waals surface area contributed by atoms with Crippen molar-refractivity contribution in [3.63, 3.8) is 0 Å². The Morgan fingerprint density at radius 2 is 1.94 bits per heavy atom. The highest BCUT2D eigenvalue weighted by molar-refractivity contribution is 5.69. The Bertz CT molecular complexity index is 222. The molecule has 1 fully saturated rings. The van der Waals surface area contributed by atoms with Crippen LogP contribution in [0.4, 0.5) is 0 Å². The predicted octanol–water partition coefficient (Wildman–Crippen LogP) is 2.84. The van der Waals surface area contributed by atoms with Crippen molar-refractivity contribution < 1.29 is 9.53 Å². The second kappa shape index (κ2) is 7.70. The van der Waals surface area contributed by atoms with Gasteiger partial charge >= 0.3 is 5.97 Å². The summed E-state index contributed by atoms with van der Waals surface area (Å²) in [6.45, 7) is 3.31. The summed E-state index contributed by atoms with van der Waals surface area (Å²) in [5.74, 6) is 0.864. The van der Waals surface area contributed by atoms with Crippen LogP contribution in [-0.4, -0.2) is 37.6 Å². The normalized spacial score (nSPS) is 24.9. The molecular formula is C14H27NO2. The molecule has 1 saturated carbocycles. The van der Waals surface area contributed by atoms with Crippen LogP contribution in [0.5, 0.6) is 0 Å². The zero-order chi connectivity index (χ0) is 12.7. The molecular weight excluding hydrogens is 214 g/mol. The van der Waals surface area contributed by atoms with Gasteiger partial charge in [0.2, 0.25) is 0 Å². The third kappa shape index (κ3) is 5.07. The molecule has 1 aliphatic carbocycles. The summed E-state index contributed by atoms with van der Waals surface area (Å²) in [6, 6.07) is 0.732. The number of methoxy groups -OCH3 is 1. The quantitative estimate of drug-likeness (QED) is 0.670. The summed E-state index contributed by atoms with van der Waals surface area (Å²) in [5.41, 5.74) is 0. The Morgan fingerprint density at radius 3 is 2.47 bits per heavy atom. The first-order valence-corrected chi connectivity index (χ1v) is 6.94. The highest BCUT2D eigenvalue weighted by Crippen LogP contribution is 2.28. The molecule has 0 bridgehead atoms. The van der Waals surface area contributed by atoms with E-state index in [-0.39, 0.29) is 5.97 Å². The minimum absolute atomic E-state index is 0.0897. The number of hydrogen-bond acceptors (Lipinski definition) is 3. The average molecular weight is 241 g/mol. The molecule has 17 heavy (non-hydrogen) atoms. The molecule has 0 amide bonds. The van der Waals surface area contributed by atoms with Gasteiger partial charge in [0.15, 0.2) is 0 Å². The minimum atomic E-state index is -0.0897. The fourth-order valence-electron chi connectivity index (χ4n) is 2.75. The van der Waals surface area contributed by atoms with E-state index in [0.717, 1.165) is 24.9 Å². The fourth-order valence-corrected chi connectivity index (χ4v) is 2.75. The minimum Gasteiger partial charge on any atom is -0.469 e. The maximum absolute atomic E-state index is 11.0. The molecule has 0 heterocycles. The summed E-state index contributed by atoms with van der Waals surface area (Å²) in [7, 11) is 3.65. The molecule has 0 aromatic carbocycles. The van der Waals surface area contributed by atoms with Gasteiger partial charge in [0, 0.05) is 12.5 Å². The van der Waals surface area contributed by atoms with E-state index in [2.05, 4.69) is 23.6 Å². The molecule has 0 atom stereocenters. The van der Waals surface area contributed by atoms with Crippen LogP contribution in [-0.2, 0) is 9.53 Å². The lowest BCUT2D eigenvalue weighted by molar-refractivity contribution is -0.140. The van der Waals surface area contributed by atoms with Crippen LogP contribution in [0, 0.1) is 5.92 Å². The van der Waals surface area contributed by atoms with Crippen molar-refractivity contribution in [2.75, 3.05) is 20.7 Å². The summed E-state index contributed by atoms with van der Waals surface area (Å²) < 4.78 is 4.65. The molecule has 0 unspecified atom stereocenters. The summed E-state index contributed by atoms with van der Waals surface area (Å²) >= 11 is 0. The number of nitrogens with zero attached hydrogens (tertiary/aromatic N) is 1. The van der Waals surface area contributed by atoms with Crippen LogP contribution < -0.4 is 0 Å². The van der Waals surface area contributed by atoms with Gasteiger partial charge in [0.25, 0.3) is 0 Å². The summed E-state index contributed by atoms with van der Waals surface area (Å²) in [6.07, 6.45) is 8.20. The lowest BCUT2D eigenvalue weighted by Gasteiger charge is -2.34. The van der Waals surface area contributed by atoms with Crippen molar-refractivity contribution >= 4 is 5.97 Å². The average Bonchev–Trinajstić information content (AvgIpc) is 2.38. The van der Waals surface area contributed by atoms with Crippen molar-refractivity contribution in [3.8, 4) is 0 Å². The van der Waals surface area contributed by atoms with Crippen LogP contribution in [0.3, 0.4) is 0 Å². The summed E-state index contributed by atoms with van der Waals surface area (Å²) in [4.78, 5) is 13.4. The van der Waals surface area contributed by atoms with Gasteiger partial charge in [-0.1, -0.05) is 13.3 Å². The highest BCUT2D eigenvalue weighted by atomic mass is 16.5. The fraction of sp³-hybridized carbons (Fsp3) is 0.929. The first-order valence-electron chi connectivity index (χ1n) is 6.94. The Balaban J connectivity index is 2.15. The van der Waals surface area contributed by atoms with Gasteiger partial charge in [-0.25, -0.2) is 0 Å². The van der Waals surface area contributed by atoms with Crippen molar-refractivity contribution in [2.45, 2.75) is 57.9 Å². The molecule has 0 radical (unpaired) electrons. The third-order valence-corrected chi connectivity index (χ3v) is 4.14. The van der Waals surface area contributed by atoms with Gasteiger partial charge < -0.3 is 9.64 Å². The van der Waals surface area contributed by atoms with E-state index < -0.39 is 0 Å². The van der Waals surface area contributed by atoms with E-state index in [1.807, 2.05) is 0 Å². The maximum atomic E-state index is 11.0. The van der Waals surface area contributed by atoms with Gasteiger partial charge in [-0.15, -0.1) is 0 Å². The lowest BCUT2D eigenvalue weighted by Crippen LogP contribution is -2.35. The van der Waals surface area contributed by atoms with Gasteiger partial charge in [-0.3, -0.25) is 4.79 Å². The van der Waals surface area contributed by atoms with Crippen LogP contribution in [0.2, 0.25) is 0 Å². The number of hydrogen-bond donors (Lipinski definition) is 0. The Labute approximate surface area is 106 Å². The zero-order valence-electron chi connectivity index (χ0n) is 11.6. The van der Waals surface area contributed by atoms with E-state index in [0.29, 0.717) is 6.42 Å². The van der Waals surface area contributed by atoms with E-state index in [1.165, 1.54) is 39.2 Å². The van der Waals surface area contributed by atoms with Gasteiger partial charge in [0.1, 0.15) is 0 Å². The van der Waals surface area contributed by atoms with E-state index in [4.69, 9.17) is 0 Å². The van der Waals surface area contributed by atoms with Crippen molar-refractivity contribution in [2.24, 2.45) is 5.92 Å². The van der Waals surface area contributed by atoms with Crippen molar-refractivity contribution in [1.82, 2.24) is 4.90 Å². The summed E-state index contributed by atoms with van der Waals surface area (Å²) in [5, 5.41) is 0. The molecule has 100 valence electrons.